The van der Waals surface area contributed by atoms with E-state index in [0.29, 0.717) is 13.0 Å². The molecule has 1 aromatic rings. The number of nitrogens with one attached hydrogen (secondary N) is 1. The fraction of sp³-hybridized carbons (Fsp3) is 0.429. The van der Waals surface area contributed by atoms with Crippen LogP contribution in [0.4, 0.5) is 5.69 Å². The summed E-state index contributed by atoms with van der Waals surface area (Å²) in [5, 5.41) is 10.4. The molecule has 0 bridgehead atoms. The Morgan fingerprint density at radius 2 is 2.21 bits per heavy atom. The van der Waals surface area contributed by atoms with Crippen molar-refractivity contribution in [3.8, 4) is 0 Å². The van der Waals surface area contributed by atoms with Crippen molar-refractivity contribution in [3.05, 3.63) is 37.1 Å². The molecule has 14 heavy (non-hydrogen) atoms. The molecule has 0 aliphatic rings. The van der Waals surface area contributed by atoms with Crippen LogP contribution in [0.5, 0.6) is 0 Å². The van der Waals surface area contributed by atoms with E-state index in [9.17, 15) is 19.7 Å². The second-order valence-corrected chi connectivity index (χ2v) is 2.72. The van der Waals surface area contributed by atoms with Crippen molar-refractivity contribution in [1.82, 2.24) is 9.55 Å². The molecule has 7 heteroatoms. The van der Waals surface area contributed by atoms with Gasteiger partial charge in [0.15, 0.2) is 0 Å². The summed E-state index contributed by atoms with van der Waals surface area (Å²) in [6.07, 6.45) is 1.62. The number of aromatic nitrogens is 2. The van der Waals surface area contributed by atoms with Crippen LogP contribution in [0, 0.1) is 10.1 Å². The molecule has 0 amide bonds. The van der Waals surface area contributed by atoms with Crippen molar-refractivity contribution in [1.29, 1.82) is 0 Å². The molecular weight excluding hydrogens is 190 g/mol. The summed E-state index contributed by atoms with van der Waals surface area (Å²) >= 11 is 0. The minimum Gasteiger partial charge on any atom is -0.294 e. The van der Waals surface area contributed by atoms with E-state index in [-0.39, 0.29) is 0 Å². The third kappa shape index (κ3) is 1.87. The van der Waals surface area contributed by atoms with Gasteiger partial charge in [-0.15, -0.1) is 0 Å². The number of hydrogen-bond acceptors (Lipinski definition) is 4. The highest BCUT2D eigenvalue weighted by atomic mass is 16.6. The average Bonchev–Trinajstić information content (AvgIpc) is 2.09. The highest BCUT2D eigenvalue weighted by Crippen LogP contribution is 1.98. The first-order valence-electron chi connectivity index (χ1n) is 4.04. The van der Waals surface area contributed by atoms with Gasteiger partial charge in [-0.05, 0) is 6.42 Å². The zero-order valence-corrected chi connectivity index (χ0v) is 7.52. The number of nitro groups is 1. The number of hydrogen-bond donors (Lipinski definition) is 1. The molecule has 0 saturated carbocycles. The maximum absolute atomic E-state index is 11.1. The Morgan fingerprint density at radius 1 is 1.57 bits per heavy atom. The lowest BCUT2D eigenvalue weighted by Crippen LogP contribution is -2.30. The fourth-order valence-electron chi connectivity index (χ4n) is 1.03. The summed E-state index contributed by atoms with van der Waals surface area (Å²) in [5.74, 6) is 0. The predicted octanol–water partition coefficient (Wildman–Crippen LogP) is -0.145. The Morgan fingerprint density at radius 3 is 2.71 bits per heavy atom. The Labute approximate surface area is 78.2 Å². The summed E-state index contributed by atoms with van der Waals surface area (Å²) in [6, 6.07) is 0. The molecule has 1 rings (SSSR count). The van der Waals surface area contributed by atoms with Crippen LogP contribution in [0.25, 0.3) is 0 Å². The van der Waals surface area contributed by atoms with E-state index in [1.807, 2.05) is 11.9 Å². The molecule has 1 aromatic heterocycles. The topological polar surface area (TPSA) is 98.0 Å². The molecule has 1 heterocycles. The summed E-state index contributed by atoms with van der Waals surface area (Å²) in [6.45, 7) is 2.17. The molecule has 0 saturated heterocycles. The van der Waals surface area contributed by atoms with E-state index >= 15 is 0 Å². The summed E-state index contributed by atoms with van der Waals surface area (Å²) in [5.41, 5.74) is -2.20. The number of aryl methyl sites for hydroxylation is 1. The Kier molecular flexibility index (Phi) is 2.80. The van der Waals surface area contributed by atoms with Crippen LogP contribution in [0.2, 0.25) is 0 Å². The van der Waals surface area contributed by atoms with Crippen LogP contribution in [-0.2, 0) is 6.54 Å². The number of aromatic amines is 1. The summed E-state index contributed by atoms with van der Waals surface area (Å²) in [7, 11) is 0. The minimum atomic E-state index is -0.965. The zero-order chi connectivity index (χ0) is 10.7. The van der Waals surface area contributed by atoms with E-state index in [4.69, 9.17) is 0 Å². The highest BCUT2D eigenvalue weighted by Gasteiger charge is 2.13. The Balaban J connectivity index is 3.35. The minimum absolute atomic E-state index is 0.344. The normalized spacial score (nSPS) is 10.1. The van der Waals surface area contributed by atoms with Crippen LogP contribution in [0.15, 0.2) is 15.8 Å². The summed E-state index contributed by atoms with van der Waals surface area (Å²) in [4.78, 5) is 33.4. The molecule has 76 valence electrons. The van der Waals surface area contributed by atoms with E-state index in [0.717, 1.165) is 10.8 Å². The molecule has 0 unspecified atom stereocenters. The van der Waals surface area contributed by atoms with E-state index < -0.39 is 21.9 Å². The van der Waals surface area contributed by atoms with Gasteiger partial charge in [-0.1, -0.05) is 6.92 Å². The second kappa shape index (κ2) is 3.86. The third-order valence-electron chi connectivity index (χ3n) is 1.65. The second-order valence-electron chi connectivity index (χ2n) is 2.72. The van der Waals surface area contributed by atoms with Gasteiger partial charge in [0.2, 0.25) is 0 Å². The van der Waals surface area contributed by atoms with Crippen molar-refractivity contribution < 1.29 is 4.92 Å². The lowest BCUT2D eigenvalue weighted by Gasteiger charge is -2.00. The van der Waals surface area contributed by atoms with Gasteiger partial charge < -0.3 is 0 Å². The Bertz CT molecular complexity index is 459. The van der Waals surface area contributed by atoms with Crippen LogP contribution >= 0.6 is 0 Å². The molecular formula is C7H9N3O4. The van der Waals surface area contributed by atoms with Gasteiger partial charge in [-0.3, -0.25) is 24.5 Å². The maximum Gasteiger partial charge on any atom is 0.350 e. The molecule has 1 N–H and O–H groups in total. The quantitative estimate of drug-likeness (QED) is 0.540. The van der Waals surface area contributed by atoms with Crippen molar-refractivity contribution >= 4 is 5.69 Å². The van der Waals surface area contributed by atoms with Crippen LogP contribution in [0.3, 0.4) is 0 Å². The van der Waals surface area contributed by atoms with Gasteiger partial charge in [0.05, 0.1) is 11.1 Å². The highest BCUT2D eigenvalue weighted by molar-refractivity contribution is 5.20. The average molecular weight is 199 g/mol. The van der Waals surface area contributed by atoms with Crippen LogP contribution < -0.4 is 11.2 Å². The molecule has 0 spiro atoms. The van der Waals surface area contributed by atoms with Crippen molar-refractivity contribution in [2.45, 2.75) is 19.9 Å². The van der Waals surface area contributed by atoms with Gasteiger partial charge in [-0.25, -0.2) is 4.79 Å². The molecule has 0 radical (unpaired) electrons. The monoisotopic (exact) mass is 199 g/mol. The first-order valence-corrected chi connectivity index (χ1v) is 4.04. The van der Waals surface area contributed by atoms with Crippen molar-refractivity contribution in [2.75, 3.05) is 0 Å². The van der Waals surface area contributed by atoms with E-state index in [1.54, 1.807) is 0 Å². The molecule has 7 nitrogen and oxygen atoms in total. The third-order valence-corrected chi connectivity index (χ3v) is 1.65. The van der Waals surface area contributed by atoms with Gasteiger partial charge in [-0.2, -0.15) is 0 Å². The molecule has 0 atom stereocenters. The van der Waals surface area contributed by atoms with E-state index in [2.05, 4.69) is 0 Å². The maximum atomic E-state index is 11.1. The Hall–Kier alpha value is -1.92. The van der Waals surface area contributed by atoms with Crippen LogP contribution in [-0.4, -0.2) is 14.5 Å². The summed E-state index contributed by atoms with van der Waals surface area (Å²) < 4.78 is 1.11. The van der Waals surface area contributed by atoms with Crippen molar-refractivity contribution in [2.24, 2.45) is 0 Å². The largest absolute Gasteiger partial charge is 0.350 e. The molecule has 0 aromatic carbocycles. The number of rotatable bonds is 3. The standard InChI is InChI=1S/C7H9N3O4/c1-2-3-9-4-5(10(13)14)6(11)8-7(9)12/h4H,2-3H2,1H3,(H,8,11,12). The number of H-pyrrole nitrogens is 1. The molecule has 0 aliphatic carbocycles. The lowest BCUT2D eigenvalue weighted by atomic mass is 10.4. The molecule has 0 fully saturated rings. The molecule has 0 aliphatic heterocycles. The van der Waals surface area contributed by atoms with Gasteiger partial charge >= 0.3 is 16.9 Å². The predicted molar refractivity (Wildman–Crippen MR) is 48.3 cm³/mol. The first-order chi connectivity index (χ1) is 6.56. The van der Waals surface area contributed by atoms with Gasteiger partial charge in [0.25, 0.3) is 0 Å². The van der Waals surface area contributed by atoms with Crippen LogP contribution in [0.1, 0.15) is 13.3 Å². The fourth-order valence-corrected chi connectivity index (χ4v) is 1.03. The number of nitrogens with zero attached hydrogens (tertiary/aromatic N) is 2. The van der Waals surface area contributed by atoms with Crippen molar-refractivity contribution in [3.63, 3.8) is 0 Å². The van der Waals surface area contributed by atoms with Gasteiger partial charge in [0.1, 0.15) is 0 Å². The lowest BCUT2D eigenvalue weighted by molar-refractivity contribution is -0.386. The van der Waals surface area contributed by atoms with E-state index in [1.165, 1.54) is 0 Å². The smallest absolute Gasteiger partial charge is 0.294 e. The zero-order valence-electron chi connectivity index (χ0n) is 7.52. The van der Waals surface area contributed by atoms with Gasteiger partial charge in [0, 0.05) is 6.54 Å². The first kappa shape index (κ1) is 10.2. The SMILES string of the molecule is CCCn1cc([N+](=O)[O-])c(=O)[nH]c1=O.